The van der Waals surface area contributed by atoms with E-state index in [9.17, 15) is 9.59 Å². The second-order valence-electron chi connectivity index (χ2n) is 2.74. The topological polar surface area (TPSA) is 52.6 Å². The predicted octanol–water partition coefficient (Wildman–Crippen LogP) is 1.46. The molecule has 0 aromatic heterocycles. The van der Waals surface area contributed by atoms with Crippen molar-refractivity contribution in [3.05, 3.63) is 18.4 Å². The van der Waals surface area contributed by atoms with Gasteiger partial charge in [0.2, 0.25) is 0 Å². The summed E-state index contributed by atoms with van der Waals surface area (Å²) in [6.45, 7) is 7.35. The zero-order valence-electron chi connectivity index (χ0n) is 9.12. The molecule has 0 aliphatic heterocycles. The van der Waals surface area contributed by atoms with E-state index in [1.165, 1.54) is 6.08 Å². The van der Waals surface area contributed by atoms with E-state index >= 15 is 0 Å². The summed E-state index contributed by atoms with van der Waals surface area (Å²) >= 11 is 0. The second kappa shape index (κ2) is 7.83. The van der Waals surface area contributed by atoms with Crippen LogP contribution in [0.1, 0.15) is 20.3 Å². The molecule has 15 heavy (non-hydrogen) atoms. The van der Waals surface area contributed by atoms with Crippen LogP contribution in [-0.2, 0) is 19.1 Å². The standard InChI is InChI=1S/C11H16O4/c1-4-7-9(11(13)15-6-3)8-10(12)14-5-2/h7,9H,1,5-6,8H2,2-3H3. The quantitative estimate of drug-likeness (QED) is 0.494. The van der Waals surface area contributed by atoms with Gasteiger partial charge in [-0.3, -0.25) is 9.59 Å². The van der Waals surface area contributed by atoms with E-state index in [0.29, 0.717) is 6.61 Å². The summed E-state index contributed by atoms with van der Waals surface area (Å²) < 4.78 is 9.52. The van der Waals surface area contributed by atoms with Crippen molar-refractivity contribution in [1.29, 1.82) is 0 Å². The van der Waals surface area contributed by atoms with Crippen LogP contribution in [0.5, 0.6) is 0 Å². The van der Waals surface area contributed by atoms with Crippen LogP contribution in [0.4, 0.5) is 0 Å². The molecule has 0 N–H and O–H groups in total. The van der Waals surface area contributed by atoms with Crippen molar-refractivity contribution in [3.8, 4) is 0 Å². The van der Waals surface area contributed by atoms with Crippen LogP contribution in [0.3, 0.4) is 0 Å². The first-order valence-electron chi connectivity index (χ1n) is 4.83. The Morgan fingerprint density at radius 1 is 1.33 bits per heavy atom. The van der Waals surface area contributed by atoms with Gasteiger partial charge in [-0.25, -0.2) is 0 Å². The van der Waals surface area contributed by atoms with Gasteiger partial charge in [-0.2, -0.15) is 0 Å². The van der Waals surface area contributed by atoms with Gasteiger partial charge in [-0.15, -0.1) is 5.73 Å². The van der Waals surface area contributed by atoms with Gasteiger partial charge in [0.1, 0.15) is 0 Å². The van der Waals surface area contributed by atoms with Crippen LogP contribution in [0.2, 0.25) is 0 Å². The van der Waals surface area contributed by atoms with E-state index in [1.54, 1.807) is 13.8 Å². The van der Waals surface area contributed by atoms with Crippen LogP contribution >= 0.6 is 0 Å². The molecular formula is C11H16O4. The molecule has 1 unspecified atom stereocenters. The average Bonchev–Trinajstić information content (AvgIpc) is 2.18. The molecule has 0 aromatic carbocycles. The molecule has 0 bridgehead atoms. The van der Waals surface area contributed by atoms with Gasteiger partial charge in [0.25, 0.3) is 0 Å². The molecule has 0 fully saturated rings. The molecule has 0 saturated heterocycles. The molecule has 0 rings (SSSR count). The normalized spacial score (nSPS) is 11.1. The van der Waals surface area contributed by atoms with E-state index in [4.69, 9.17) is 9.47 Å². The Kier molecular flexibility index (Phi) is 7.02. The number of carbonyl (C=O) groups is 2. The zero-order chi connectivity index (χ0) is 11.7. The Morgan fingerprint density at radius 2 is 1.93 bits per heavy atom. The highest BCUT2D eigenvalue weighted by Gasteiger charge is 2.20. The number of ether oxygens (including phenoxy) is 2. The van der Waals surface area contributed by atoms with Gasteiger partial charge in [0.05, 0.1) is 25.6 Å². The molecule has 1 atom stereocenters. The van der Waals surface area contributed by atoms with Crippen LogP contribution in [-0.4, -0.2) is 25.2 Å². The molecule has 0 aliphatic rings. The highest BCUT2D eigenvalue weighted by atomic mass is 16.5. The third-order valence-electron chi connectivity index (χ3n) is 1.60. The van der Waals surface area contributed by atoms with Crippen molar-refractivity contribution in [2.45, 2.75) is 20.3 Å². The lowest BCUT2D eigenvalue weighted by atomic mass is 10.1. The van der Waals surface area contributed by atoms with Gasteiger partial charge in [0.15, 0.2) is 0 Å². The second-order valence-corrected chi connectivity index (χ2v) is 2.74. The van der Waals surface area contributed by atoms with Gasteiger partial charge in [-0.05, 0) is 19.9 Å². The van der Waals surface area contributed by atoms with Crippen LogP contribution in [0.15, 0.2) is 18.4 Å². The number of rotatable bonds is 6. The van der Waals surface area contributed by atoms with Crippen LogP contribution in [0, 0.1) is 5.92 Å². The van der Waals surface area contributed by atoms with E-state index in [-0.39, 0.29) is 13.0 Å². The van der Waals surface area contributed by atoms with Crippen molar-refractivity contribution in [3.63, 3.8) is 0 Å². The van der Waals surface area contributed by atoms with E-state index in [1.807, 2.05) is 0 Å². The maximum absolute atomic E-state index is 11.3. The van der Waals surface area contributed by atoms with Crippen LogP contribution in [0.25, 0.3) is 0 Å². The zero-order valence-corrected chi connectivity index (χ0v) is 9.12. The summed E-state index contributed by atoms with van der Waals surface area (Å²) in [6.07, 6.45) is 1.38. The maximum atomic E-state index is 11.3. The largest absolute Gasteiger partial charge is 0.466 e. The number of hydrogen-bond acceptors (Lipinski definition) is 4. The first-order chi connectivity index (χ1) is 7.15. The van der Waals surface area contributed by atoms with E-state index < -0.39 is 17.9 Å². The van der Waals surface area contributed by atoms with E-state index in [0.717, 1.165) is 0 Å². The minimum Gasteiger partial charge on any atom is -0.466 e. The predicted molar refractivity (Wildman–Crippen MR) is 55.1 cm³/mol. The van der Waals surface area contributed by atoms with Crippen molar-refractivity contribution in [2.75, 3.05) is 13.2 Å². The first-order valence-corrected chi connectivity index (χ1v) is 4.83. The number of carbonyl (C=O) groups excluding carboxylic acids is 2. The number of esters is 2. The Hall–Kier alpha value is -1.54. The average molecular weight is 212 g/mol. The van der Waals surface area contributed by atoms with Gasteiger partial charge < -0.3 is 9.47 Å². The Morgan fingerprint density at radius 3 is 2.40 bits per heavy atom. The molecule has 4 heteroatoms. The fourth-order valence-electron chi connectivity index (χ4n) is 1.00. The fraction of sp³-hybridized carbons (Fsp3) is 0.545. The summed E-state index contributed by atoms with van der Waals surface area (Å²) in [7, 11) is 0. The molecule has 0 aromatic rings. The molecule has 4 nitrogen and oxygen atoms in total. The van der Waals surface area contributed by atoms with Gasteiger partial charge in [-0.1, -0.05) is 6.58 Å². The van der Waals surface area contributed by atoms with Crippen molar-refractivity contribution in [1.82, 2.24) is 0 Å². The highest BCUT2D eigenvalue weighted by Crippen LogP contribution is 2.08. The van der Waals surface area contributed by atoms with Gasteiger partial charge in [0, 0.05) is 0 Å². The van der Waals surface area contributed by atoms with Crippen molar-refractivity contribution in [2.24, 2.45) is 5.92 Å². The first kappa shape index (κ1) is 13.5. The summed E-state index contributed by atoms with van der Waals surface area (Å²) in [5, 5.41) is 0. The Balaban J connectivity index is 4.33. The summed E-state index contributed by atoms with van der Waals surface area (Å²) in [5.74, 6) is -1.54. The SMILES string of the molecule is C=C=CC(CC(=O)OCC)C(=O)OCC. The molecule has 84 valence electrons. The van der Waals surface area contributed by atoms with E-state index in [2.05, 4.69) is 12.3 Å². The number of hydrogen-bond donors (Lipinski definition) is 0. The van der Waals surface area contributed by atoms with Crippen molar-refractivity contribution >= 4 is 11.9 Å². The molecular weight excluding hydrogens is 196 g/mol. The Bertz CT molecular complexity index is 264. The fourth-order valence-corrected chi connectivity index (χ4v) is 1.00. The van der Waals surface area contributed by atoms with Crippen LogP contribution < -0.4 is 0 Å². The molecule has 0 heterocycles. The molecule has 0 saturated carbocycles. The lowest BCUT2D eigenvalue weighted by Crippen LogP contribution is -2.20. The summed E-state index contributed by atoms with van der Waals surface area (Å²) in [6, 6.07) is 0. The monoisotopic (exact) mass is 212 g/mol. The Labute approximate surface area is 89.6 Å². The summed E-state index contributed by atoms with van der Waals surface area (Å²) in [5.41, 5.74) is 2.47. The lowest BCUT2D eigenvalue weighted by Gasteiger charge is -2.09. The molecule has 0 spiro atoms. The molecule has 0 aliphatic carbocycles. The minimum absolute atomic E-state index is 0.0325. The maximum Gasteiger partial charge on any atom is 0.314 e. The molecule has 0 amide bonds. The van der Waals surface area contributed by atoms with Crippen molar-refractivity contribution < 1.29 is 19.1 Å². The van der Waals surface area contributed by atoms with Gasteiger partial charge >= 0.3 is 11.9 Å². The smallest absolute Gasteiger partial charge is 0.314 e. The third kappa shape index (κ3) is 5.70. The third-order valence-corrected chi connectivity index (χ3v) is 1.60. The molecule has 0 radical (unpaired) electrons. The summed E-state index contributed by atoms with van der Waals surface area (Å²) in [4.78, 5) is 22.5. The lowest BCUT2D eigenvalue weighted by molar-refractivity contribution is -0.152. The highest BCUT2D eigenvalue weighted by molar-refractivity contribution is 5.81. The minimum atomic E-state index is -0.651.